The highest BCUT2D eigenvalue weighted by molar-refractivity contribution is 5.82. The van der Waals surface area contributed by atoms with Crippen LogP contribution < -0.4 is 5.73 Å². The van der Waals surface area contributed by atoms with Crippen LogP contribution in [0.3, 0.4) is 0 Å². The maximum atomic E-state index is 13.5. The van der Waals surface area contributed by atoms with E-state index in [1.54, 1.807) is 17.9 Å². The summed E-state index contributed by atoms with van der Waals surface area (Å²) in [5, 5.41) is 10.3. The third-order valence-corrected chi connectivity index (χ3v) is 4.09. The molecule has 2 rings (SSSR count). The molecular weight excluding hydrogens is 273 g/mol. The lowest BCUT2D eigenvalue weighted by Crippen LogP contribution is -2.51. The maximum Gasteiger partial charge on any atom is 0.252 e. The number of likely N-dealkylation sites (N-methyl/N-ethyl adjacent to an activating group) is 1. The lowest BCUT2D eigenvalue weighted by molar-refractivity contribution is -0.142. The fraction of sp³-hybridized carbons (Fsp3) is 0.533. The van der Waals surface area contributed by atoms with Gasteiger partial charge >= 0.3 is 0 Å². The number of anilines is 1. The normalized spacial score (nSPS) is 19.3. The van der Waals surface area contributed by atoms with Gasteiger partial charge in [0.15, 0.2) is 0 Å². The molecule has 0 radical (unpaired) electrons. The van der Waals surface area contributed by atoms with E-state index >= 15 is 0 Å². The predicted octanol–water partition coefficient (Wildman–Crippen LogP) is 0.646. The highest BCUT2D eigenvalue weighted by Gasteiger charge is 2.30. The van der Waals surface area contributed by atoms with E-state index in [4.69, 9.17) is 5.73 Å². The largest absolute Gasteiger partial charge is 0.396 e. The topological polar surface area (TPSA) is 69.8 Å². The molecule has 116 valence electrons. The Bertz CT molecular complexity index is 516. The summed E-state index contributed by atoms with van der Waals surface area (Å²) in [4.78, 5) is 16.1. The van der Waals surface area contributed by atoms with Crippen molar-refractivity contribution < 1.29 is 14.3 Å². The summed E-state index contributed by atoms with van der Waals surface area (Å²) in [5.74, 6) is -1.31. The fourth-order valence-electron chi connectivity index (χ4n) is 2.44. The summed E-state index contributed by atoms with van der Waals surface area (Å²) in [5.41, 5.74) is 6.06. The number of rotatable bonds is 3. The molecule has 6 heteroatoms. The molecule has 5 nitrogen and oxygen atoms in total. The van der Waals surface area contributed by atoms with E-state index in [1.807, 2.05) is 7.05 Å². The van der Waals surface area contributed by atoms with Crippen molar-refractivity contribution in [2.75, 3.05) is 39.0 Å². The van der Waals surface area contributed by atoms with E-state index in [1.165, 1.54) is 12.1 Å². The highest BCUT2D eigenvalue weighted by Crippen LogP contribution is 2.24. The Morgan fingerprint density at radius 1 is 1.33 bits per heavy atom. The summed E-state index contributed by atoms with van der Waals surface area (Å²) in [6.45, 7) is 4.51. The first kappa shape index (κ1) is 15.7. The lowest BCUT2D eigenvalue weighted by Gasteiger charge is -2.34. The monoisotopic (exact) mass is 295 g/mol. The van der Waals surface area contributed by atoms with Crippen LogP contribution in [0, 0.1) is 5.82 Å². The molecule has 0 spiro atoms. The number of halogens is 1. The van der Waals surface area contributed by atoms with Gasteiger partial charge in [0.2, 0.25) is 0 Å². The van der Waals surface area contributed by atoms with Crippen molar-refractivity contribution in [3.05, 3.63) is 29.6 Å². The SMILES string of the molecule is C[C@@H](c1ccc(N)c(F)c1)[C@@H](O)C(=O)N1CCN(C)CC1. The van der Waals surface area contributed by atoms with E-state index in [-0.39, 0.29) is 11.6 Å². The molecule has 1 saturated heterocycles. The highest BCUT2D eigenvalue weighted by atomic mass is 19.1. The minimum absolute atomic E-state index is 0.0610. The summed E-state index contributed by atoms with van der Waals surface area (Å²) in [7, 11) is 2.00. The smallest absolute Gasteiger partial charge is 0.252 e. The predicted molar refractivity (Wildman–Crippen MR) is 79.3 cm³/mol. The Morgan fingerprint density at radius 2 is 1.95 bits per heavy atom. The zero-order chi connectivity index (χ0) is 15.6. The van der Waals surface area contributed by atoms with Gasteiger partial charge < -0.3 is 20.6 Å². The van der Waals surface area contributed by atoms with E-state index < -0.39 is 17.8 Å². The van der Waals surface area contributed by atoms with E-state index in [2.05, 4.69) is 4.90 Å². The molecule has 3 N–H and O–H groups in total. The first-order chi connectivity index (χ1) is 9.90. The van der Waals surface area contributed by atoms with Crippen molar-refractivity contribution in [2.24, 2.45) is 0 Å². The molecule has 1 fully saturated rings. The van der Waals surface area contributed by atoms with Crippen LogP contribution in [0.2, 0.25) is 0 Å². The number of piperazine rings is 1. The Morgan fingerprint density at radius 3 is 2.52 bits per heavy atom. The van der Waals surface area contributed by atoms with Gasteiger partial charge in [0.05, 0.1) is 5.69 Å². The summed E-state index contributed by atoms with van der Waals surface area (Å²) in [6.07, 6.45) is -1.17. The number of hydrogen-bond donors (Lipinski definition) is 2. The number of nitrogens with two attached hydrogens (primary N) is 1. The summed E-state index contributed by atoms with van der Waals surface area (Å²) in [6, 6.07) is 4.37. The van der Waals surface area contributed by atoms with Crippen LogP contribution >= 0.6 is 0 Å². The number of benzene rings is 1. The van der Waals surface area contributed by atoms with Crippen LogP contribution in [0.4, 0.5) is 10.1 Å². The van der Waals surface area contributed by atoms with Crippen LogP contribution in [0.15, 0.2) is 18.2 Å². The molecule has 0 saturated carbocycles. The average Bonchev–Trinajstić information content (AvgIpc) is 2.48. The summed E-state index contributed by atoms with van der Waals surface area (Å²) >= 11 is 0. The average molecular weight is 295 g/mol. The van der Waals surface area contributed by atoms with Gasteiger partial charge in [-0.1, -0.05) is 13.0 Å². The number of nitrogen functional groups attached to an aromatic ring is 1. The Balaban J connectivity index is 2.05. The molecule has 2 atom stereocenters. The molecule has 0 bridgehead atoms. The zero-order valence-corrected chi connectivity index (χ0v) is 12.4. The van der Waals surface area contributed by atoms with Gasteiger partial charge in [-0.3, -0.25) is 4.79 Å². The zero-order valence-electron chi connectivity index (χ0n) is 12.4. The van der Waals surface area contributed by atoms with E-state index in [0.29, 0.717) is 18.7 Å². The number of nitrogens with zero attached hydrogens (tertiary/aromatic N) is 2. The number of amides is 1. The second kappa shape index (κ2) is 6.41. The molecule has 1 amide bonds. The van der Waals surface area contributed by atoms with Crippen molar-refractivity contribution >= 4 is 11.6 Å². The molecule has 1 heterocycles. The minimum Gasteiger partial charge on any atom is -0.396 e. The lowest BCUT2D eigenvalue weighted by atomic mass is 9.94. The summed E-state index contributed by atoms with van der Waals surface area (Å²) < 4.78 is 13.5. The van der Waals surface area contributed by atoms with Crippen LogP contribution in [-0.4, -0.2) is 60.1 Å². The fourth-order valence-corrected chi connectivity index (χ4v) is 2.44. The Labute approximate surface area is 124 Å². The molecule has 1 aromatic rings. The molecule has 0 aromatic heterocycles. The maximum absolute atomic E-state index is 13.5. The van der Waals surface area contributed by atoms with Gasteiger partial charge in [-0.05, 0) is 24.7 Å². The quantitative estimate of drug-likeness (QED) is 0.803. The molecule has 1 aliphatic heterocycles. The third kappa shape index (κ3) is 3.51. The standard InChI is InChI=1S/C15H22FN3O2/c1-10(11-3-4-13(17)12(16)9-11)14(20)15(21)19-7-5-18(2)6-8-19/h3-4,9-10,14,20H,5-8,17H2,1-2H3/t10-,14+/m0/s1. The van der Waals surface area contributed by atoms with E-state index in [9.17, 15) is 14.3 Å². The van der Waals surface area contributed by atoms with Gasteiger partial charge in [-0.25, -0.2) is 4.39 Å². The van der Waals surface area contributed by atoms with Crippen LogP contribution in [-0.2, 0) is 4.79 Å². The van der Waals surface area contributed by atoms with Gasteiger partial charge in [0.1, 0.15) is 11.9 Å². The van der Waals surface area contributed by atoms with Crippen molar-refractivity contribution in [2.45, 2.75) is 18.9 Å². The van der Waals surface area contributed by atoms with Crippen molar-refractivity contribution in [1.29, 1.82) is 0 Å². The van der Waals surface area contributed by atoms with Crippen LogP contribution in [0.5, 0.6) is 0 Å². The number of carbonyl (C=O) groups is 1. The first-order valence-electron chi connectivity index (χ1n) is 7.10. The molecule has 21 heavy (non-hydrogen) atoms. The van der Waals surface area contributed by atoms with Gasteiger partial charge in [0, 0.05) is 32.1 Å². The van der Waals surface area contributed by atoms with Crippen molar-refractivity contribution in [1.82, 2.24) is 9.80 Å². The molecule has 0 aliphatic carbocycles. The molecule has 0 unspecified atom stereocenters. The van der Waals surface area contributed by atoms with Crippen molar-refractivity contribution in [3.63, 3.8) is 0 Å². The number of carbonyl (C=O) groups excluding carboxylic acids is 1. The number of aliphatic hydroxyl groups excluding tert-OH is 1. The number of hydrogen-bond acceptors (Lipinski definition) is 4. The molecular formula is C15H22FN3O2. The van der Waals surface area contributed by atoms with Crippen molar-refractivity contribution in [3.8, 4) is 0 Å². The van der Waals surface area contributed by atoms with Crippen LogP contribution in [0.25, 0.3) is 0 Å². The van der Waals surface area contributed by atoms with Gasteiger partial charge in [-0.15, -0.1) is 0 Å². The van der Waals surface area contributed by atoms with Gasteiger partial charge in [-0.2, -0.15) is 0 Å². The molecule has 1 aromatic carbocycles. The van der Waals surface area contributed by atoms with E-state index in [0.717, 1.165) is 13.1 Å². The molecule has 1 aliphatic rings. The van der Waals surface area contributed by atoms with Crippen LogP contribution in [0.1, 0.15) is 18.4 Å². The number of aliphatic hydroxyl groups is 1. The second-order valence-electron chi connectivity index (χ2n) is 5.64. The Kier molecular flexibility index (Phi) is 4.80. The first-order valence-corrected chi connectivity index (χ1v) is 7.10. The minimum atomic E-state index is -1.17. The van der Waals surface area contributed by atoms with Gasteiger partial charge in [0.25, 0.3) is 5.91 Å². The third-order valence-electron chi connectivity index (χ3n) is 4.09. The second-order valence-corrected chi connectivity index (χ2v) is 5.64. The Hall–Kier alpha value is -1.66.